The van der Waals surface area contributed by atoms with Gasteiger partial charge in [-0.2, -0.15) is 0 Å². The van der Waals surface area contributed by atoms with Gasteiger partial charge in [-0.15, -0.1) is 0 Å². The lowest BCUT2D eigenvalue weighted by molar-refractivity contribution is -0.130. The van der Waals surface area contributed by atoms with Crippen molar-refractivity contribution in [1.82, 2.24) is 4.90 Å². The van der Waals surface area contributed by atoms with Crippen molar-refractivity contribution in [2.75, 3.05) is 20.1 Å². The van der Waals surface area contributed by atoms with Crippen molar-refractivity contribution in [3.8, 4) is 0 Å². The molecular formula is C15H30N2O. The van der Waals surface area contributed by atoms with Crippen LogP contribution >= 0.6 is 0 Å². The lowest BCUT2D eigenvalue weighted by Gasteiger charge is -2.22. The summed E-state index contributed by atoms with van der Waals surface area (Å²) in [6.07, 6.45) is 3.99. The predicted molar refractivity (Wildman–Crippen MR) is 76.1 cm³/mol. The van der Waals surface area contributed by atoms with Gasteiger partial charge in [0.25, 0.3) is 0 Å². The SMILES string of the molecule is CC(C)C(CCN)CCC(=O)N(C)CC1CC1C. The Hall–Kier alpha value is -0.570. The Labute approximate surface area is 112 Å². The van der Waals surface area contributed by atoms with Gasteiger partial charge in [0.05, 0.1) is 0 Å². The minimum absolute atomic E-state index is 0.303. The second-order valence-corrected chi connectivity index (χ2v) is 6.37. The summed E-state index contributed by atoms with van der Waals surface area (Å²) in [7, 11) is 1.95. The van der Waals surface area contributed by atoms with E-state index in [1.54, 1.807) is 0 Å². The lowest BCUT2D eigenvalue weighted by Crippen LogP contribution is -2.29. The van der Waals surface area contributed by atoms with Gasteiger partial charge in [0, 0.05) is 20.0 Å². The van der Waals surface area contributed by atoms with Crippen molar-refractivity contribution in [2.45, 2.75) is 46.5 Å². The fourth-order valence-electron chi connectivity index (χ4n) is 2.63. The molecule has 0 aromatic heterocycles. The van der Waals surface area contributed by atoms with Crippen molar-refractivity contribution in [1.29, 1.82) is 0 Å². The number of hydrogen-bond acceptors (Lipinski definition) is 2. The first-order valence-corrected chi connectivity index (χ1v) is 7.39. The van der Waals surface area contributed by atoms with Crippen LogP contribution in [0.15, 0.2) is 0 Å². The van der Waals surface area contributed by atoms with Crippen molar-refractivity contribution in [3.05, 3.63) is 0 Å². The largest absolute Gasteiger partial charge is 0.345 e. The fraction of sp³-hybridized carbons (Fsp3) is 0.933. The molecule has 1 aliphatic rings. The Kier molecular flexibility index (Phi) is 6.13. The van der Waals surface area contributed by atoms with Gasteiger partial charge < -0.3 is 10.6 Å². The molecule has 0 aromatic carbocycles. The smallest absolute Gasteiger partial charge is 0.222 e. The van der Waals surface area contributed by atoms with Crippen LogP contribution < -0.4 is 5.73 Å². The second-order valence-electron chi connectivity index (χ2n) is 6.37. The fourth-order valence-corrected chi connectivity index (χ4v) is 2.63. The van der Waals surface area contributed by atoms with E-state index >= 15 is 0 Å². The minimum atomic E-state index is 0.303. The Morgan fingerprint density at radius 2 is 2.00 bits per heavy atom. The summed E-state index contributed by atoms with van der Waals surface area (Å²) in [6.45, 7) is 8.38. The Balaban J connectivity index is 2.25. The average Bonchev–Trinajstić information content (AvgIpc) is 2.99. The molecule has 0 saturated heterocycles. The van der Waals surface area contributed by atoms with Crippen molar-refractivity contribution in [2.24, 2.45) is 29.4 Å². The van der Waals surface area contributed by atoms with Crippen molar-refractivity contribution >= 4 is 5.91 Å². The van der Waals surface area contributed by atoms with E-state index in [4.69, 9.17) is 5.73 Å². The molecule has 0 spiro atoms. The van der Waals surface area contributed by atoms with Crippen LogP contribution in [0.5, 0.6) is 0 Å². The molecule has 1 rings (SSSR count). The molecule has 0 bridgehead atoms. The molecular weight excluding hydrogens is 224 g/mol. The van der Waals surface area contributed by atoms with E-state index in [0.717, 1.165) is 37.8 Å². The zero-order chi connectivity index (χ0) is 13.7. The number of amides is 1. The standard InChI is InChI=1S/C15H30N2O/c1-11(2)13(7-8-16)5-6-15(18)17(4)10-14-9-12(14)3/h11-14H,5-10,16H2,1-4H3. The van der Waals surface area contributed by atoms with Crippen molar-refractivity contribution < 1.29 is 4.79 Å². The molecule has 0 aromatic rings. The van der Waals surface area contributed by atoms with Crippen LogP contribution in [0.2, 0.25) is 0 Å². The van der Waals surface area contributed by atoms with Gasteiger partial charge in [0.2, 0.25) is 5.91 Å². The highest BCUT2D eigenvalue weighted by Gasteiger charge is 2.34. The Morgan fingerprint density at radius 3 is 2.44 bits per heavy atom. The topological polar surface area (TPSA) is 46.3 Å². The number of hydrogen-bond donors (Lipinski definition) is 1. The molecule has 1 saturated carbocycles. The van der Waals surface area contributed by atoms with E-state index in [-0.39, 0.29) is 0 Å². The van der Waals surface area contributed by atoms with Gasteiger partial charge in [-0.25, -0.2) is 0 Å². The first-order chi connectivity index (χ1) is 8.45. The number of nitrogens with zero attached hydrogens (tertiary/aromatic N) is 1. The monoisotopic (exact) mass is 254 g/mol. The molecule has 3 heteroatoms. The molecule has 1 fully saturated rings. The van der Waals surface area contributed by atoms with Gasteiger partial charge in [-0.1, -0.05) is 20.8 Å². The molecule has 0 radical (unpaired) electrons. The summed E-state index contributed by atoms with van der Waals surface area (Å²) in [4.78, 5) is 14.0. The summed E-state index contributed by atoms with van der Waals surface area (Å²) in [5.41, 5.74) is 5.63. The summed E-state index contributed by atoms with van der Waals surface area (Å²) in [5.74, 6) is 3.09. The zero-order valence-corrected chi connectivity index (χ0v) is 12.5. The van der Waals surface area contributed by atoms with E-state index in [9.17, 15) is 4.79 Å². The molecule has 106 valence electrons. The highest BCUT2D eigenvalue weighted by Crippen LogP contribution is 2.38. The molecule has 0 heterocycles. The normalized spacial score (nSPS) is 24.1. The third-order valence-corrected chi connectivity index (χ3v) is 4.42. The highest BCUT2D eigenvalue weighted by atomic mass is 16.2. The van der Waals surface area contributed by atoms with Crippen molar-refractivity contribution in [3.63, 3.8) is 0 Å². The van der Waals surface area contributed by atoms with Crippen LogP contribution in [0.3, 0.4) is 0 Å². The molecule has 1 amide bonds. The first kappa shape index (κ1) is 15.5. The van der Waals surface area contributed by atoms with E-state index in [0.29, 0.717) is 24.2 Å². The van der Waals surface area contributed by atoms with Crippen LogP contribution in [-0.4, -0.2) is 30.9 Å². The first-order valence-electron chi connectivity index (χ1n) is 7.39. The van der Waals surface area contributed by atoms with Crippen LogP contribution in [0.1, 0.15) is 46.5 Å². The third-order valence-electron chi connectivity index (χ3n) is 4.42. The third kappa shape index (κ3) is 4.97. The molecule has 0 aliphatic heterocycles. The van der Waals surface area contributed by atoms with Crippen LogP contribution in [0, 0.1) is 23.7 Å². The maximum Gasteiger partial charge on any atom is 0.222 e. The van der Waals surface area contributed by atoms with E-state index in [1.807, 2.05) is 11.9 Å². The quantitative estimate of drug-likeness (QED) is 0.723. The van der Waals surface area contributed by atoms with Crippen LogP contribution in [-0.2, 0) is 4.79 Å². The van der Waals surface area contributed by atoms with Gasteiger partial charge in [0.1, 0.15) is 0 Å². The van der Waals surface area contributed by atoms with E-state index in [2.05, 4.69) is 20.8 Å². The summed E-state index contributed by atoms with van der Waals surface area (Å²) in [6, 6.07) is 0. The predicted octanol–water partition coefficient (Wildman–Crippen LogP) is 2.50. The maximum atomic E-state index is 12.0. The molecule has 1 aliphatic carbocycles. The maximum absolute atomic E-state index is 12.0. The van der Waals surface area contributed by atoms with E-state index in [1.165, 1.54) is 6.42 Å². The number of nitrogens with two attached hydrogens (primary N) is 1. The molecule has 3 unspecified atom stereocenters. The Morgan fingerprint density at radius 1 is 1.39 bits per heavy atom. The van der Waals surface area contributed by atoms with Gasteiger partial charge in [-0.3, -0.25) is 4.79 Å². The minimum Gasteiger partial charge on any atom is -0.345 e. The summed E-state index contributed by atoms with van der Waals surface area (Å²) in [5, 5.41) is 0. The average molecular weight is 254 g/mol. The number of rotatable bonds is 8. The van der Waals surface area contributed by atoms with Crippen LogP contribution in [0.4, 0.5) is 0 Å². The summed E-state index contributed by atoms with van der Waals surface area (Å²) < 4.78 is 0. The number of carbonyl (C=O) groups is 1. The molecule has 2 N–H and O–H groups in total. The van der Waals surface area contributed by atoms with Crippen LogP contribution in [0.25, 0.3) is 0 Å². The zero-order valence-electron chi connectivity index (χ0n) is 12.5. The lowest BCUT2D eigenvalue weighted by atomic mass is 9.88. The van der Waals surface area contributed by atoms with Gasteiger partial charge in [-0.05, 0) is 49.5 Å². The summed E-state index contributed by atoms with van der Waals surface area (Å²) >= 11 is 0. The number of carbonyl (C=O) groups excluding carboxylic acids is 1. The highest BCUT2D eigenvalue weighted by molar-refractivity contribution is 5.75. The molecule has 3 atom stereocenters. The Bertz CT molecular complexity index is 265. The van der Waals surface area contributed by atoms with Gasteiger partial charge >= 0.3 is 0 Å². The molecule has 18 heavy (non-hydrogen) atoms. The molecule has 3 nitrogen and oxygen atoms in total. The second kappa shape index (κ2) is 7.13. The van der Waals surface area contributed by atoms with Gasteiger partial charge in [0.15, 0.2) is 0 Å². The van der Waals surface area contributed by atoms with E-state index < -0.39 is 0 Å².